The number of nitrogens with one attached hydrogen (secondary N) is 1. The lowest BCUT2D eigenvalue weighted by molar-refractivity contribution is 0.261. The lowest BCUT2D eigenvalue weighted by Gasteiger charge is -2.47. The second kappa shape index (κ2) is 4.52. The van der Waals surface area contributed by atoms with Gasteiger partial charge in [-0.2, -0.15) is 0 Å². The highest BCUT2D eigenvalue weighted by Gasteiger charge is 2.45. The van der Waals surface area contributed by atoms with Crippen LogP contribution in [0, 0.1) is 19.8 Å². The highest BCUT2D eigenvalue weighted by molar-refractivity contribution is 5.52. The Bertz CT molecular complexity index is 478. The van der Waals surface area contributed by atoms with Crippen molar-refractivity contribution in [2.24, 2.45) is 5.92 Å². The van der Waals surface area contributed by atoms with E-state index in [1.54, 1.807) is 0 Å². The molecular formula is C17H26N2. The van der Waals surface area contributed by atoms with Crippen LogP contribution in [0.4, 0.5) is 5.69 Å². The topological polar surface area (TPSA) is 15.3 Å². The molecule has 2 nitrogen and oxygen atoms in total. The van der Waals surface area contributed by atoms with Gasteiger partial charge in [0.15, 0.2) is 0 Å². The Hall–Kier alpha value is -1.02. The van der Waals surface area contributed by atoms with Crippen LogP contribution in [-0.4, -0.2) is 24.7 Å². The van der Waals surface area contributed by atoms with E-state index in [0.29, 0.717) is 11.6 Å². The van der Waals surface area contributed by atoms with Gasteiger partial charge in [0, 0.05) is 30.4 Å². The molecule has 1 heterocycles. The predicted molar refractivity (Wildman–Crippen MR) is 81.9 cm³/mol. The molecule has 1 aromatic rings. The molecule has 0 amide bonds. The fraction of sp³-hybridized carbons (Fsp3) is 0.647. The molecule has 2 atom stereocenters. The lowest BCUT2D eigenvalue weighted by atomic mass is 9.90. The summed E-state index contributed by atoms with van der Waals surface area (Å²) in [5.74, 6) is 0.883. The zero-order valence-electron chi connectivity index (χ0n) is 12.7. The van der Waals surface area contributed by atoms with E-state index in [-0.39, 0.29) is 0 Å². The van der Waals surface area contributed by atoms with Crippen LogP contribution in [0.5, 0.6) is 0 Å². The molecule has 0 aromatic heterocycles. The molecule has 0 radical (unpaired) electrons. The molecule has 0 bridgehead atoms. The second-order valence-electron chi connectivity index (χ2n) is 6.82. The minimum Gasteiger partial charge on any atom is -0.366 e. The zero-order valence-corrected chi connectivity index (χ0v) is 12.7. The van der Waals surface area contributed by atoms with Crippen LogP contribution in [0.25, 0.3) is 0 Å². The minimum atomic E-state index is 0.311. The highest BCUT2D eigenvalue weighted by Crippen LogP contribution is 2.42. The van der Waals surface area contributed by atoms with Crippen molar-refractivity contribution < 1.29 is 0 Å². The van der Waals surface area contributed by atoms with Gasteiger partial charge in [-0.25, -0.2) is 0 Å². The molecule has 2 unspecified atom stereocenters. The Morgan fingerprint density at radius 1 is 1.21 bits per heavy atom. The van der Waals surface area contributed by atoms with E-state index in [9.17, 15) is 0 Å². The standard InChI is InChI=1S/C17H26N2/c1-12-5-8-16(9-13(12)2)19-11-17(4,15-6-7-15)18-10-14(19)3/h5,8-9,14-15,18H,6-7,10-11H2,1-4H3. The van der Waals surface area contributed by atoms with E-state index in [1.165, 1.54) is 29.7 Å². The summed E-state index contributed by atoms with van der Waals surface area (Å²) in [6.07, 6.45) is 2.80. The quantitative estimate of drug-likeness (QED) is 0.876. The van der Waals surface area contributed by atoms with Gasteiger partial charge in [-0.1, -0.05) is 6.07 Å². The normalized spacial score (nSPS) is 31.6. The molecule has 104 valence electrons. The summed E-state index contributed by atoms with van der Waals surface area (Å²) in [6.45, 7) is 11.4. The van der Waals surface area contributed by atoms with E-state index in [1.807, 2.05) is 0 Å². The minimum absolute atomic E-state index is 0.311. The summed E-state index contributed by atoms with van der Waals surface area (Å²) >= 11 is 0. The SMILES string of the molecule is Cc1ccc(N2CC(C)(C3CC3)NCC2C)cc1C. The van der Waals surface area contributed by atoms with Crippen molar-refractivity contribution in [1.82, 2.24) is 5.32 Å². The zero-order chi connectivity index (χ0) is 13.6. The van der Waals surface area contributed by atoms with Crippen molar-refractivity contribution in [3.63, 3.8) is 0 Å². The van der Waals surface area contributed by atoms with Gasteiger partial charge in [-0.15, -0.1) is 0 Å². The maximum Gasteiger partial charge on any atom is 0.0387 e. The first-order chi connectivity index (χ1) is 8.99. The summed E-state index contributed by atoms with van der Waals surface area (Å²) in [5.41, 5.74) is 4.49. The third-order valence-electron chi connectivity index (χ3n) is 5.13. The molecule has 2 heteroatoms. The van der Waals surface area contributed by atoms with Gasteiger partial charge in [-0.05, 0) is 69.7 Å². The first kappa shape index (κ1) is 13.0. The van der Waals surface area contributed by atoms with Crippen molar-refractivity contribution in [1.29, 1.82) is 0 Å². The molecular weight excluding hydrogens is 232 g/mol. The third-order valence-corrected chi connectivity index (χ3v) is 5.13. The number of hydrogen-bond donors (Lipinski definition) is 1. The van der Waals surface area contributed by atoms with Crippen LogP contribution < -0.4 is 10.2 Å². The van der Waals surface area contributed by atoms with Gasteiger partial charge >= 0.3 is 0 Å². The fourth-order valence-corrected chi connectivity index (χ4v) is 3.30. The number of rotatable bonds is 2. The number of piperazine rings is 1. The Morgan fingerprint density at radius 3 is 2.58 bits per heavy atom. The molecule has 0 spiro atoms. The molecule has 1 saturated carbocycles. The second-order valence-corrected chi connectivity index (χ2v) is 6.82. The third kappa shape index (κ3) is 2.38. The van der Waals surface area contributed by atoms with Crippen molar-refractivity contribution in [2.45, 2.75) is 52.1 Å². The number of benzene rings is 1. The van der Waals surface area contributed by atoms with E-state index >= 15 is 0 Å². The maximum atomic E-state index is 3.79. The lowest BCUT2D eigenvalue weighted by Crippen LogP contribution is -2.63. The molecule has 1 N–H and O–H groups in total. The summed E-state index contributed by atoms with van der Waals surface area (Å²) in [6, 6.07) is 7.48. The molecule has 1 saturated heterocycles. The Morgan fingerprint density at radius 2 is 1.95 bits per heavy atom. The fourth-order valence-electron chi connectivity index (χ4n) is 3.30. The van der Waals surface area contributed by atoms with Crippen LogP contribution in [0.15, 0.2) is 18.2 Å². The van der Waals surface area contributed by atoms with Gasteiger partial charge in [-0.3, -0.25) is 0 Å². The average molecular weight is 258 g/mol. The Balaban J connectivity index is 1.86. The largest absolute Gasteiger partial charge is 0.366 e. The summed E-state index contributed by atoms with van der Waals surface area (Å²) in [7, 11) is 0. The predicted octanol–water partition coefficient (Wildman–Crippen LogP) is 3.27. The summed E-state index contributed by atoms with van der Waals surface area (Å²) < 4.78 is 0. The number of anilines is 1. The average Bonchev–Trinajstić information content (AvgIpc) is 3.21. The first-order valence-corrected chi connectivity index (χ1v) is 7.58. The summed E-state index contributed by atoms with van der Waals surface area (Å²) in [4.78, 5) is 2.60. The molecule has 1 aliphatic heterocycles. The smallest absolute Gasteiger partial charge is 0.0387 e. The Labute approximate surface area is 117 Å². The van der Waals surface area contributed by atoms with Crippen LogP contribution in [0.2, 0.25) is 0 Å². The van der Waals surface area contributed by atoms with Crippen molar-refractivity contribution in [3.05, 3.63) is 29.3 Å². The number of hydrogen-bond acceptors (Lipinski definition) is 2. The first-order valence-electron chi connectivity index (χ1n) is 7.58. The van der Waals surface area contributed by atoms with Crippen LogP contribution in [0.1, 0.15) is 37.8 Å². The van der Waals surface area contributed by atoms with E-state index in [2.05, 4.69) is 56.1 Å². The van der Waals surface area contributed by atoms with Gasteiger partial charge in [0.1, 0.15) is 0 Å². The van der Waals surface area contributed by atoms with Gasteiger partial charge in [0.05, 0.1) is 0 Å². The molecule has 19 heavy (non-hydrogen) atoms. The molecule has 3 rings (SSSR count). The molecule has 2 fully saturated rings. The van der Waals surface area contributed by atoms with Gasteiger partial charge in [0.25, 0.3) is 0 Å². The van der Waals surface area contributed by atoms with E-state index in [0.717, 1.165) is 19.0 Å². The van der Waals surface area contributed by atoms with Crippen molar-refractivity contribution in [2.75, 3.05) is 18.0 Å². The van der Waals surface area contributed by atoms with Crippen molar-refractivity contribution >= 4 is 5.69 Å². The number of nitrogens with zero attached hydrogens (tertiary/aromatic N) is 1. The van der Waals surface area contributed by atoms with Gasteiger partial charge in [0.2, 0.25) is 0 Å². The Kier molecular flexibility index (Phi) is 3.09. The summed E-state index contributed by atoms with van der Waals surface area (Å²) in [5, 5.41) is 3.79. The molecule has 2 aliphatic rings. The van der Waals surface area contributed by atoms with Crippen LogP contribution in [0.3, 0.4) is 0 Å². The van der Waals surface area contributed by atoms with E-state index < -0.39 is 0 Å². The van der Waals surface area contributed by atoms with Crippen molar-refractivity contribution in [3.8, 4) is 0 Å². The van der Waals surface area contributed by atoms with E-state index in [4.69, 9.17) is 0 Å². The molecule has 1 aromatic carbocycles. The maximum absolute atomic E-state index is 3.79. The van der Waals surface area contributed by atoms with Gasteiger partial charge < -0.3 is 10.2 Å². The molecule has 1 aliphatic carbocycles. The highest BCUT2D eigenvalue weighted by atomic mass is 15.3. The number of aryl methyl sites for hydroxylation is 2. The monoisotopic (exact) mass is 258 g/mol. The van der Waals surface area contributed by atoms with Crippen LogP contribution >= 0.6 is 0 Å². The van der Waals surface area contributed by atoms with Crippen LogP contribution in [-0.2, 0) is 0 Å².